The summed E-state index contributed by atoms with van der Waals surface area (Å²) in [6, 6.07) is 51.2. The lowest BCUT2D eigenvalue weighted by atomic mass is 9.87. The molecule has 0 fully saturated rings. The summed E-state index contributed by atoms with van der Waals surface area (Å²) in [5.41, 5.74) is 6.78. The van der Waals surface area contributed by atoms with Gasteiger partial charge in [0.05, 0.1) is 6.04 Å². The zero-order valence-electron chi connectivity index (χ0n) is 27.8. The van der Waals surface area contributed by atoms with E-state index in [-0.39, 0.29) is 12.0 Å². The van der Waals surface area contributed by atoms with E-state index in [0.717, 1.165) is 11.2 Å². The number of benzene rings is 7. The monoisotopic (exact) mass is 689 g/mol. The van der Waals surface area contributed by atoms with Crippen LogP contribution in [0.3, 0.4) is 0 Å². The Morgan fingerprint density at radius 1 is 0.529 bits per heavy atom. The summed E-state index contributed by atoms with van der Waals surface area (Å²) in [6.45, 7) is 2.36. The molecule has 0 radical (unpaired) electrons. The fraction of sp³-hybridized carbons (Fsp3) is 0.0638. The summed E-state index contributed by atoms with van der Waals surface area (Å²) in [7, 11) is 0. The zero-order chi connectivity index (χ0) is 33.6. The second-order valence-electron chi connectivity index (χ2n) is 13.7. The second kappa shape index (κ2) is 11.2. The van der Waals surface area contributed by atoms with Gasteiger partial charge in [-0.15, -0.1) is 22.7 Å². The minimum Gasteiger partial charge on any atom is -0.456 e. The van der Waals surface area contributed by atoms with E-state index in [9.17, 15) is 0 Å². The predicted octanol–water partition coefficient (Wildman–Crippen LogP) is 14.3. The lowest BCUT2D eigenvalue weighted by Gasteiger charge is -2.37. The fourth-order valence-electron chi connectivity index (χ4n) is 8.27. The van der Waals surface area contributed by atoms with Crippen molar-refractivity contribution >= 4 is 113 Å². The van der Waals surface area contributed by atoms with Crippen LogP contribution < -0.4 is 4.90 Å². The van der Waals surface area contributed by atoms with E-state index < -0.39 is 0 Å². The van der Waals surface area contributed by atoms with Crippen LogP contribution in [0, 0.1) is 5.92 Å². The summed E-state index contributed by atoms with van der Waals surface area (Å²) in [6.07, 6.45) is 7.22. The van der Waals surface area contributed by atoms with Gasteiger partial charge in [0.15, 0.2) is 0 Å². The highest BCUT2D eigenvalue weighted by molar-refractivity contribution is 7.26. The molecule has 0 amide bonds. The van der Waals surface area contributed by atoms with E-state index in [1.54, 1.807) is 0 Å². The molecule has 3 aromatic heterocycles. The Morgan fingerprint density at radius 3 is 1.82 bits per heavy atom. The number of para-hydroxylation sites is 1. The number of thiophene rings is 2. The molecule has 0 spiro atoms. The highest BCUT2D eigenvalue weighted by atomic mass is 32.1. The summed E-state index contributed by atoms with van der Waals surface area (Å²) in [4.78, 5) is 2.56. The van der Waals surface area contributed by atoms with Crippen molar-refractivity contribution in [3.05, 3.63) is 163 Å². The number of hydrogen-bond acceptors (Lipinski definition) is 4. The molecule has 2 nitrogen and oxygen atoms in total. The maximum absolute atomic E-state index is 6.24. The molecule has 0 bridgehead atoms. The van der Waals surface area contributed by atoms with Gasteiger partial charge in [-0.1, -0.05) is 110 Å². The molecule has 51 heavy (non-hydrogen) atoms. The van der Waals surface area contributed by atoms with Crippen LogP contribution in [0.5, 0.6) is 0 Å². The van der Waals surface area contributed by atoms with Gasteiger partial charge < -0.3 is 9.32 Å². The standard InChI is InChI=1S/C47H31NOS2/c1-28-24-30(31-15-14-29-17-23-42-47(39(29)25-31)38-10-2-5-11-41(38)49-42)16-22-40(28)48(32-18-20-36-34-8-3-6-12-43(34)50-45(36)26-32)33-19-21-37-35-9-4-7-13-44(35)51-46(37)27-33/h2-28,40H,1H3. The van der Waals surface area contributed by atoms with E-state index in [0.29, 0.717) is 0 Å². The molecule has 242 valence electrons. The molecular formula is C47H31NOS2. The van der Waals surface area contributed by atoms with Crippen molar-refractivity contribution in [2.24, 2.45) is 5.92 Å². The first-order chi connectivity index (χ1) is 25.2. The fourth-order valence-corrected chi connectivity index (χ4v) is 10.6. The molecule has 10 aromatic rings. The van der Waals surface area contributed by atoms with Gasteiger partial charge in [-0.05, 0) is 82.4 Å². The third-order valence-corrected chi connectivity index (χ3v) is 13.0. The molecule has 7 aromatic carbocycles. The average Bonchev–Trinajstić information content (AvgIpc) is 3.86. The van der Waals surface area contributed by atoms with Crippen LogP contribution in [0.2, 0.25) is 0 Å². The summed E-state index contributed by atoms with van der Waals surface area (Å²) in [5.74, 6) is 0.252. The van der Waals surface area contributed by atoms with Crippen LogP contribution in [-0.4, -0.2) is 6.04 Å². The van der Waals surface area contributed by atoms with Crippen LogP contribution in [-0.2, 0) is 0 Å². The van der Waals surface area contributed by atoms with Crippen LogP contribution in [0.15, 0.2) is 162 Å². The highest BCUT2D eigenvalue weighted by Crippen LogP contribution is 2.43. The van der Waals surface area contributed by atoms with Crippen LogP contribution in [0.4, 0.5) is 11.4 Å². The molecule has 1 aliphatic carbocycles. The van der Waals surface area contributed by atoms with Gasteiger partial charge in [0, 0.05) is 62.5 Å². The SMILES string of the molecule is CC1C=C(c2ccc3ccc4oc5ccccc5c4c3c2)C=CC1N(c1ccc2c(c1)sc1ccccc12)c1ccc2c(c1)sc1ccccc12. The van der Waals surface area contributed by atoms with Gasteiger partial charge in [-0.2, -0.15) is 0 Å². The largest absolute Gasteiger partial charge is 0.456 e. The number of fused-ring (bicyclic) bond motifs is 11. The van der Waals surface area contributed by atoms with Gasteiger partial charge in [0.2, 0.25) is 0 Å². The van der Waals surface area contributed by atoms with E-state index >= 15 is 0 Å². The topological polar surface area (TPSA) is 16.4 Å². The first-order valence-corrected chi connectivity index (χ1v) is 19.2. The number of nitrogens with zero attached hydrogens (tertiary/aromatic N) is 1. The average molecular weight is 690 g/mol. The number of allylic oxidation sites excluding steroid dienone is 2. The normalized spacial score (nSPS) is 16.4. The molecule has 2 unspecified atom stereocenters. The smallest absolute Gasteiger partial charge is 0.136 e. The second-order valence-corrected chi connectivity index (χ2v) is 15.9. The van der Waals surface area contributed by atoms with Crippen LogP contribution in [0.25, 0.3) is 78.6 Å². The molecule has 0 saturated carbocycles. The first-order valence-electron chi connectivity index (χ1n) is 17.5. The molecule has 2 atom stereocenters. The minimum absolute atomic E-state index is 0.136. The van der Waals surface area contributed by atoms with Crippen molar-refractivity contribution in [3.8, 4) is 0 Å². The van der Waals surface area contributed by atoms with Gasteiger partial charge >= 0.3 is 0 Å². The Labute approximate surface area is 302 Å². The van der Waals surface area contributed by atoms with Gasteiger partial charge in [0.25, 0.3) is 0 Å². The van der Waals surface area contributed by atoms with Gasteiger partial charge in [0.1, 0.15) is 11.2 Å². The summed E-state index contributed by atoms with van der Waals surface area (Å²) in [5, 5.41) is 10.1. The lowest BCUT2D eigenvalue weighted by Crippen LogP contribution is -2.35. The number of anilines is 2. The van der Waals surface area contributed by atoms with Crippen molar-refractivity contribution in [2.75, 3.05) is 4.90 Å². The van der Waals surface area contributed by atoms with Crippen molar-refractivity contribution < 1.29 is 4.42 Å². The molecule has 4 heteroatoms. The minimum atomic E-state index is 0.136. The van der Waals surface area contributed by atoms with Gasteiger partial charge in [-0.3, -0.25) is 0 Å². The molecule has 0 N–H and O–H groups in total. The molecule has 11 rings (SSSR count). The lowest BCUT2D eigenvalue weighted by molar-refractivity contribution is 0.612. The summed E-state index contributed by atoms with van der Waals surface area (Å²) < 4.78 is 11.5. The highest BCUT2D eigenvalue weighted by Gasteiger charge is 2.27. The van der Waals surface area contributed by atoms with Crippen molar-refractivity contribution in [3.63, 3.8) is 0 Å². The maximum Gasteiger partial charge on any atom is 0.136 e. The Hall–Kier alpha value is -5.68. The number of furan rings is 1. The Morgan fingerprint density at radius 2 is 1.14 bits per heavy atom. The third-order valence-electron chi connectivity index (χ3n) is 10.7. The molecule has 0 saturated heterocycles. The van der Waals surface area contributed by atoms with Gasteiger partial charge in [-0.25, -0.2) is 0 Å². The van der Waals surface area contributed by atoms with E-state index in [4.69, 9.17) is 4.42 Å². The first kappa shape index (κ1) is 29.1. The van der Waals surface area contributed by atoms with E-state index in [2.05, 4.69) is 164 Å². The van der Waals surface area contributed by atoms with E-state index in [1.165, 1.54) is 84.4 Å². The number of hydrogen-bond donors (Lipinski definition) is 0. The Kier molecular flexibility index (Phi) is 6.37. The number of rotatable bonds is 4. The van der Waals surface area contributed by atoms with E-state index in [1.807, 2.05) is 28.7 Å². The van der Waals surface area contributed by atoms with Crippen LogP contribution in [0.1, 0.15) is 12.5 Å². The predicted molar refractivity (Wildman–Crippen MR) is 222 cm³/mol. The summed E-state index contributed by atoms with van der Waals surface area (Å²) >= 11 is 3.76. The van der Waals surface area contributed by atoms with Crippen molar-refractivity contribution in [1.29, 1.82) is 0 Å². The van der Waals surface area contributed by atoms with Crippen LogP contribution >= 0.6 is 22.7 Å². The maximum atomic E-state index is 6.24. The van der Waals surface area contributed by atoms with Crippen molar-refractivity contribution in [1.82, 2.24) is 0 Å². The quantitative estimate of drug-likeness (QED) is 0.183. The van der Waals surface area contributed by atoms with Crippen molar-refractivity contribution in [2.45, 2.75) is 13.0 Å². The molecule has 3 heterocycles. The molecule has 0 aliphatic heterocycles. The third kappa shape index (κ3) is 4.53. The Balaban J connectivity index is 1.03. The zero-order valence-corrected chi connectivity index (χ0v) is 29.5. The molecule has 1 aliphatic rings. The Bertz CT molecular complexity index is 2970. The molecular weight excluding hydrogens is 659 g/mol.